The van der Waals surface area contributed by atoms with Crippen LogP contribution in [0.4, 0.5) is 0 Å². The summed E-state index contributed by atoms with van der Waals surface area (Å²) in [5.74, 6) is 0. The number of hydrogen-bond acceptors (Lipinski definition) is 0. The average molecular weight is 185 g/mol. The van der Waals surface area contributed by atoms with Crippen LogP contribution >= 0.6 is 7.92 Å². The topological polar surface area (TPSA) is 0 Å². The van der Waals surface area contributed by atoms with Crippen molar-refractivity contribution in [2.45, 2.75) is 13.3 Å². The molecule has 0 saturated heterocycles. The first-order chi connectivity index (χ1) is 2.77. The molecule has 0 aromatic heterocycles. The summed E-state index contributed by atoms with van der Waals surface area (Å²) in [7, 11) is 0.114. The lowest BCUT2D eigenvalue weighted by molar-refractivity contribution is -0.00000152. The van der Waals surface area contributed by atoms with Crippen molar-refractivity contribution in [3.63, 3.8) is 0 Å². The van der Waals surface area contributed by atoms with Crippen molar-refractivity contribution in [2.24, 2.45) is 0 Å². The third-order valence-electron chi connectivity index (χ3n) is 0.750. The molecular formula is C5H14BrP. The fourth-order valence-corrected chi connectivity index (χ4v) is 1.50. The van der Waals surface area contributed by atoms with E-state index >= 15 is 0 Å². The van der Waals surface area contributed by atoms with Crippen molar-refractivity contribution >= 4 is 7.92 Å². The molecule has 0 heterocycles. The molecule has 0 rings (SSSR count). The molecule has 0 nitrogen and oxygen atoms in total. The maximum atomic E-state index is 2.36. The zero-order chi connectivity index (χ0) is 4.99. The lowest BCUT2D eigenvalue weighted by Crippen LogP contribution is -3.00. The Morgan fingerprint density at radius 3 is 1.71 bits per heavy atom. The number of hydrogen-bond donors (Lipinski definition) is 0. The van der Waals surface area contributed by atoms with E-state index in [0.29, 0.717) is 0 Å². The molecule has 0 saturated carbocycles. The second kappa shape index (κ2) is 6.91. The van der Waals surface area contributed by atoms with Gasteiger partial charge in [-0.1, -0.05) is 6.92 Å². The van der Waals surface area contributed by atoms with Crippen LogP contribution in [-0.4, -0.2) is 19.5 Å². The van der Waals surface area contributed by atoms with Crippen LogP contribution in [0.3, 0.4) is 0 Å². The summed E-state index contributed by atoms with van der Waals surface area (Å²) in [4.78, 5) is 0. The summed E-state index contributed by atoms with van der Waals surface area (Å²) in [6, 6.07) is 0. The Morgan fingerprint density at radius 1 is 1.29 bits per heavy atom. The standard InChI is InChI=1S/C5H13P.BrH/c1-4-5-6(2)3;/h4-5H2,1-3H3;1H. The van der Waals surface area contributed by atoms with E-state index in [4.69, 9.17) is 0 Å². The summed E-state index contributed by atoms with van der Waals surface area (Å²) in [6.07, 6.45) is 2.85. The van der Waals surface area contributed by atoms with Gasteiger partial charge in [0.15, 0.2) is 0 Å². The number of halogens is 1. The predicted octanol–water partition coefficient (Wildman–Crippen LogP) is -1.13. The molecule has 0 fully saturated rings. The summed E-state index contributed by atoms with van der Waals surface area (Å²) >= 11 is 0. The summed E-state index contributed by atoms with van der Waals surface area (Å²) in [5.41, 5.74) is 0. The SMILES string of the molecule is CCC[PH+](C)C.[Br-]. The van der Waals surface area contributed by atoms with Crippen LogP contribution in [0.25, 0.3) is 0 Å². The predicted molar refractivity (Wildman–Crippen MR) is 35.3 cm³/mol. The Balaban J connectivity index is 0. The van der Waals surface area contributed by atoms with Crippen LogP contribution in [0.1, 0.15) is 13.3 Å². The molecule has 0 radical (unpaired) electrons. The third kappa shape index (κ3) is 10.9. The Hall–Kier alpha value is 0.910. The number of rotatable bonds is 2. The van der Waals surface area contributed by atoms with Gasteiger partial charge in [0.1, 0.15) is 0 Å². The first-order valence-electron chi connectivity index (χ1n) is 2.56. The van der Waals surface area contributed by atoms with E-state index in [1.165, 1.54) is 12.6 Å². The lowest BCUT2D eigenvalue weighted by Gasteiger charge is -1.89. The van der Waals surface area contributed by atoms with Crippen LogP contribution in [0.2, 0.25) is 0 Å². The average Bonchev–Trinajstić information content (AvgIpc) is 1.35. The maximum absolute atomic E-state index is 2.36. The van der Waals surface area contributed by atoms with E-state index < -0.39 is 0 Å². The molecule has 7 heavy (non-hydrogen) atoms. The Bertz CT molecular complexity index is 29.3. The normalized spacial score (nSPS) is 8.57. The Labute approximate surface area is 58.2 Å². The van der Waals surface area contributed by atoms with E-state index in [2.05, 4.69) is 20.3 Å². The van der Waals surface area contributed by atoms with E-state index in [0.717, 1.165) is 0 Å². The van der Waals surface area contributed by atoms with Crippen molar-refractivity contribution in [3.8, 4) is 0 Å². The van der Waals surface area contributed by atoms with Gasteiger partial charge in [0.05, 0.1) is 6.16 Å². The first-order valence-corrected chi connectivity index (χ1v) is 5.27. The zero-order valence-corrected chi connectivity index (χ0v) is 7.88. The van der Waals surface area contributed by atoms with Crippen LogP contribution < -0.4 is 17.0 Å². The van der Waals surface area contributed by atoms with Gasteiger partial charge in [0, 0.05) is 13.3 Å². The Kier molecular flexibility index (Phi) is 10.7. The molecule has 0 unspecified atom stereocenters. The smallest absolute Gasteiger partial charge is 0.0563 e. The maximum Gasteiger partial charge on any atom is 0.0563 e. The molecule has 0 atom stereocenters. The molecule has 0 aromatic rings. The molecule has 0 aliphatic heterocycles. The van der Waals surface area contributed by atoms with Gasteiger partial charge < -0.3 is 17.0 Å². The van der Waals surface area contributed by atoms with Crippen LogP contribution in [0.5, 0.6) is 0 Å². The molecule has 0 bridgehead atoms. The Morgan fingerprint density at radius 2 is 1.71 bits per heavy atom. The molecule has 0 spiro atoms. The van der Waals surface area contributed by atoms with Crippen molar-refractivity contribution < 1.29 is 17.0 Å². The highest BCUT2D eigenvalue weighted by Gasteiger charge is 1.92. The van der Waals surface area contributed by atoms with Gasteiger partial charge in [0.25, 0.3) is 0 Å². The third-order valence-corrected chi connectivity index (χ3v) is 2.25. The van der Waals surface area contributed by atoms with Gasteiger partial charge >= 0.3 is 0 Å². The minimum absolute atomic E-state index is 0. The van der Waals surface area contributed by atoms with Crippen LogP contribution in [0, 0.1) is 0 Å². The van der Waals surface area contributed by atoms with Gasteiger partial charge in [-0.15, -0.1) is 0 Å². The molecule has 46 valence electrons. The van der Waals surface area contributed by atoms with Crippen molar-refractivity contribution in [2.75, 3.05) is 19.5 Å². The van der Waals surface area contributed by atoms with E-state index in [1.807, 2.05) is 0 Å². The van der Waals surface area contributed by atoms with E-state index in [1.54, 1.807) is 0 Å². The highest BCUT2D eigenvalue weighted by Crippen LogP contribution is 2.23. The fraction of sp³-hybridized carbons (Fsp3) is 1.00. The minimum Gasteiger partial charge on any atom is -1.00 e. The molecule has 2 heteroatoms. The lowest BCUT2D eigenvalue weighted by atomic mass is 10.6. The second-order valence-electron chi connectivity index (χ2n) is 1.96. The van der Waals surface area contributed by atoms with E-state index in [9.17, 15) is 0 Å². The summed E-state index contributed by atoms with van der Waals surface area (Å²) in [5, 5.41) is 0. The van der Waals surface area contributed by atoms with E-state index in [-0.39, 0.29) is 24.9 Å². The highest BCUT2D eigenvalue weighted by molar-refractivity contribution is 7.55. The van der Waals surface area contributed by atoms with Crippen molar-refractivity contribution in [1.29, 1.82) is 0 Å². The fourth-order valence-electron chi connectivity index (χ4n) is 0.500. The first kappa shape index (κ1) is 10.8. The van der Waals surface area contributed by atoms with Crippen molar-refractivity contribution in [3.05, 3.63) is 0 Å². The monoisotopic (exact) mass is 184 g/mol. The largest absolute Gasteiger partial charge is 1.00 e. The quantitative estimate of drug-likeness (QED) is 0.478. The molecule has 0 aliphatic rings. The van der Waals surface area contributed by atoms with Gasteiger partial charge in [-0.05, 0) is 14.3 Å². The highest BCUT2D eigenvalue weighted by atomic mass is 79.9. The van der Waals surface area contributed by atoms with Crippen LogP contribution in [0.15, 0.2) is 0 Å². The van der Waals surface area contributed by atoms with Crippen LogP contribution in [-0.2, 0) is 0 Å². The molecule has 0 N–H and O–H groups in total. The zero-order valence-electron chi connectivity index (χ0n) is 5.29. The molecule has 0 amide bonds. The molecular weight excluding hydrogens is 171 g/mol. The summed E-state index contributed by atoms with van der Waals surface area (Å²) in [6.45, 7) is 6.96. The molecule has 0 aliphatic carbocycles. The van der Waals surface area contributed by atoms with Gasteiger partial charge in [0.2, 0.25) is 0 Å². The summed E-state index contributed by atoms with van der Waals surface area (Å²) < 4.78 is 0. The van der Waals surface area contributed by atoms with Crippen molar-refractivity contribution in [1.82, 2.24) is 0 Å². The van der Waals surface area contributed by atoms with Gasteiger partial charge in [-0.3, -0.25) is 0 Å². The second-order valence-corrected chi connectivity index (χ2v) is 4.87. The van der Waals surface area contributed by atoms with Gasteiger partial charge in [-0.2, -0.15) is 0 Å². The molecule has 0 aromatic carbocycles. The van der Waals surface area contributed by atoms with Gasteiger partial charge in [-0.25, -0.2) is 0 Å². The minimum atomic E-state index is 0.